The second-order valence-corrected chi connectivity index (χ2v) is 8.60. The van der Waals surface area contributed by atoms with Gasteiger partial charge in [-0.3, -0.25) is 4.79 Å². The van der Waals surface area contributed by atoms with E-state index >= 15 is 0 Å². The van der Waals surface area contributed by atoms with Gasteiger partial charge in [0.1, 0.15) is 5.54 Å². The minimum absolute atomic E-state index is 0.0391. The van der Waals surface area contributed by atoms with Crippen LogP contribution < -0.4 is 10.6 Å². The van der Waals surface area contributed by atoms with E-state index in [0.717, 1.165) is 44.9 Å². The van der Waals surface area contributed by atoms with Gasteiger partial charge in [-0.2, -0.15) is 5.26 Å². The SMILES string of the molecule is CC1CC(C)(C)CC(CO)(NCC(=O)NC2(C#N)CCCC2)C1. The minimum atomic E-state index is -0.676. The van der Waals surface area contributed by atoms with E-state index < -0.39 is 11.1 Å². The summed E-state index contributed by atoms with van der Waals surface area (Å²) >= 11 is 0. The molecule has 2 atom stereocenters. The summed E-state index contributed by atoms with van der Waals surface area (Å²) in [6.07, 6.45) is 6.34. The predicted molar refractivity (Wildman–Crippen MR) is 89.6 cm³/mol. The van der Waals surface area contributed by atoms with Crippen LogP contribution in [-0.4, -0.2) is 35.2 Å². The van der Waals surface area contributed by atoms with Gasteiger partial charge in [0.15, 0.2) is 0 Å². The molecule has 5 nitrogen and oxygen atoms in total. The second kappa shape index (κ2) is 6.78. The zero-order valence-electron chi connectivity index (χ0n) is 14.7. The van der Waals surface area contributed by atoms with E-state index in [2.05, 4.69) is 37.5 Å². The molecule has 0 aromatic rings. The molecule has 130 valence electrons. The number of hydrogen-bond donors (Lipinski definition) is 3. The van der Waals surface area contributed by atoms with Crippen molar-refractivity contribution in [3.05, 3.63) is 0 Å². The Labute approximate surface area is 139 Å². The third-order valence-electron chi connectivity index (χ3n) is 5.43. The van der Waals surface area contributed by atoms with Crippen molar-refractivity contribution in [1.82, 2.24) is 10.6 Å². The number of nitrogens with zero attached hydrogens (tertiary/aromatic N) is 1. The maximum Gasteiger partial charge on any atom is 0.235 e. The van der Waals surface area contributed by atoms with Crippen LogP contribution in [0.25, 0.3) is 0 Å². The van der Waals surface area contributed by atoms with Gasteiger partial charge in [0.05, 0.1) is 19.2 Å². The van der Waals surface area contributed by atoms with Gasteiger partial charge >= 0.3 is 0 Å². The van der Waals surface area contributed by atoms with Gasteiger partial charge in [0.25, 0.3) is 0 Å². The number of carbonyl (C=O) groups is 1. The minimum Gasteiger partial charge on any atom is -0.394 e. The average molecular weight is 321 g/mol. The molecule has 0 spiro atoms. The number of rotatable bonds is 5. The summed E-state index contributed by atoms with van der Waals surface area (Å²) in [5.41, 5.74) is -0.915. The van der Waals surface area contributed by atoms with Crippen molar-refractivity contribution in [2.75, 3.05) is 13.2 Å². The number of carbonyl (C=O) groups excluding carboxylic acids is 1. The molecule has 0 saturated heterocycles. The van der Waals surface area contributed by atoms with Gasteiger partial charge in [0.2, 0.25) is 5.91 Å². The number of aliphatic hydroxyl groups is 1. The molecule has 2 aliphatic carbocycles. The standard InChI is InChI=1S/C18H31N3O2/c1-14-8-16(2,3)11-18(9-14,13-22)20-10-15(23)21-17(12-19)6-4-5-7-17/h14,20,22H,4-11,13H2,1-3H3,(H,21,23). The van der Waals surface area contributed by atoms with Crippen LogP contribution in [0.3, 0.4) is 0 Å². The molecule has 0 aromatic heterocycles. The molecular weight excluding hydrogens is 290 g/mol. The summed E-state index contributed by atoms with van der Waals surface area (Å²) in [6, 6.07) is 2.28. The summed E-state index contributed by atoms with van der Waals surface area (Å²) in [6.45, 7) is 6.84. The molecule has 2 rings (SSSR count). The van der Waals surface area contributed by atoms with Gasteiger partial charge in [-0.05, 0) is 56.3 Å². The number of nitriles is 1. The van der Waals surface area contributed by atoms with E-state index in [0.29, 0.717) is 5.92 Å². The monoisotopic (exact) mass is 321 g/mol. The van der Waals surface area contributed by atoms with Crippen LogP contribution in [0.5, 0.6) is 0 Å². The van der Waals surface area contributed by atoms with Crippen molar-refractivity contribution in [2.45, 2.75) is 76.8 Å². The van der Waals surface area contributed by atoms with E-state index in [-0.39, 0.29) is 24.5 Å². The van der Waals surface area contributed by atoms with Crippen LogP contribution in [0.15, 0.2) is 0 Å². The lowest BCUT2D eigenvalue weighted by Gasteiger charge is -2.47. The number of hydrogen-bond acceptors (Lipinski definition) is 4. The highest BCUT2D eigenvalue weighted by atomic mass is 16.3. The Balaban J connectivity index is 1.95. The molecule has 2 fully saturated rings. The molecule has 1 amide bonds. The molecule has 2 aliphatic rings. The molecule has 2 saturated carbocycles. The first-order valence-corrected chi connectivity index (χ1v) is 8.82. The van der Waals surface area contributed by atoms with Crippen molar-refractivity contribution < 1.29 is 9.90 Å². The number of aliphatic hydroxyl groups excluding tert-OH is 1. The van der Waals surface area contributed by atoms with Crippen molar-refractivity contribution in [2.24, 2.45) is 11.3 Å². The van der Waals surface area contributed by atoms with Gasteiger partial charge in [-0.25, -0.2) is 0 Å². The smallest absolute Gasteiger partial charge is 0.235 e. The van der Waals surface area contributed by atoms with E-state index in [4.69, 9.17) is 0 Å². The van der Waals surface area contributed by atoms with Crippen LogP contribution in [0.2, 0.25) is 0 Å². The van der Waals surface area contributed by atoms with Crippen LogP contribution in [-0.2, 0) is 4.79 Å². The fourth-order valence-electron chi connectivity index (χ4n) is 4.88. The molecule has 0 aromatic carbocycles. The Bertz CT molecular complexity index is 477. The maximum atomic E-state index is 12.3. The molecule has 5 heteroatoms. The Morgan fingerprint density at radius 3 is 2.48 bits per heavy atom. The zero-order chi connectivity index (χ0) is 17.1. The highest BCUT2D eigenvalue weighted by Gasteiger charge is 2.43. The summed E-state index contributed by atoms with van der Waals surface area (Å²) in [5.74, 6) is 0.374. The quantitative estimate of drug-likeness (QED) is 0.724. The molecule has 2 unspecified atom stereocenters. The van der Waals surface area contributed by atoms with E-state index in [1.807, 2.05) is 0 Å². The molecule has 0 radical (unpaired) electrons. The normalized spacial score (nSPS) is 32.2. The van der Waals surface area contributed by atoms with Crippen molar-refractivity contribution in [1.29, 1.82) is 5.26 Å². The Hall–Kier alpha value is -1.12. The number of amides is 1. The summed E-state index contributed by atoms with van der Waals surface area (Å²) in [5, 5.41) is 25.5. The van der Waals surface area contributed by atoms with Crippen LogP contribution in [0, 0.1) is 22.7 Å². The lowest BCUT2D eigenvalue weighted by molar-refractivity contribution is -0.122. The summed E-state index contributed by atoms with van der Waals surface area (Å²) in [4.78, 5) is 12.3. The molecule has 23 heavy (non-hydrogen) atoms. The lowest BCUT2D eigenvalue weighted by Crippen LogP contribution is -2.58. The van der Waals surface area contributed by atoms with E-state index in [1.165, 1.54) is 0 Å². The topological polar surface area (TPSA) is 85.2 Å². The van der Waals surface area contributed by atoms with E-state index in [9.17, 15) is 15.2 Å². The van der Waals surface area contributed by atoms with Crippen LogP contribution >= 0.6 is 0 Å². The van der Waals surface area contributed by atoms with Gasteiger partial charge in [-0.15, -0.1) is 0 Å². The largest absolute Gasteiger partial charge is 0.394 e. The first kappa shape index (κ1) is 18.2. The Kier molecular flexibility index (Phi) is 5.37. The third kappa shape index (κ3) is 4.45. The van der Waals surface area contributed by atoms with E-state index in [1.54, 1.807) is 0 Å². The summed E-state index contributed by atoms with van der Waals surface area (Å²) < 4.78 is 0. The predicted octanol–water partition coefficient (Wildman–Crippen LogP) is 2.11. The van der Waals surface area contributed by atoms with Crippen LogP contribution in [0.4, 0.5) is 0 Å². The lowest BCUT2D eigenvalue weighted by atomic mass is 9.64. The molecule has 0 heterocycles. The van der Waals surface area contributed by atoms with Crippen molar-refractivity contribution in [3.8, 4) is 6.07 Å². The van der Waals surface area contributed by atoms with Gasteiger partial charge in [-0.1, -0.05) is 20.8 Å². The maximum absolute atomic E-state index is 12.3. The highest BCUT2D eigenvalue weighted by Crippen LogP contribution is 2.43. The molecule has 0 aliphatic heterocycles. The summed E-state index contributed by atoms with van der Waals surface area (Å²) in [7, 11) is 0. The van der Waals surface area contributed by atoms with Crippen molar-refractivity contribution in [3.63, 3.8) is 0 Å². The Morgan fingerprint density at radius 1 is 1.30 bits per heavy atom. The van der Waals surface area contributed by atoms with Gasteiger partial charge in [0, 0.05) is 5.54 Å². The van der Waals surface area contributed by atoms with Gasteiger partial charge < -0.3 is 15.7 Å². The zero-order valence-corrected chi connectivity index (χ0v) is 14.7. The number of nitrogens with one attached hydrogen (secondary N) is 2. The van der Waals surface area contributed by atoms with Crippen LogP contribution in [0.1, 0.15) is 65.7 Å². The highest BCUT2D eigenvalue weighted by molar-refractivity contribution is 5.79. The van der Waals surface area contributed by atoms with Crippen molar-refractivity contribution >= 4 is 5.91 Å². The fraction of sp³-hybridized carbons (Fsp3) is 0.889. The second-order valence-electron chi connectivity index (χ2n) is 8.60. The Morgan fingerprint density at radius 2 is 1.96 bits per heavy atom. The fourth-order valence-corrected chi connectivity index (χ4v) is 4.88. The molecule has 3 N–H and O–H groups in total. The molecular formula is C18H31N3O2. The third-order valence-corrected chi connectivity index (χ3v) is 5.43. The first-order valence-electron chi connectivity index (χ1n) is 8.82. The first-order chi connectivity index (χ1) is 10.7. The molecule has 0 bridgehead atoms. The average Bonchev–Trinajstić information content (AvgIpc) is 2.92.